The molecule has 2 aromatic rings. The molecule has 1 aliphatic rings. The molecule has 1 aliphatic heterocycles. The van der Waals surface area contributed by atoms with Crippen LogP contribution in [-0.2, 0) is 0 Å². The third-order valence-corrected chi connectivity index (χ3v) is 4.47. The highest BCUT2D eigenvalue weighted by molar-refractivity contribution is 5.94. The average Bonchev–Trinajstić information content (AvgIpc) is 2.61. The van der Waals surface area contributed by atoms with Crippen LogP contribution in [0.25, 0.3) is 0 Å². The molecule has 3 rings (SSSR count). The summed E-state index contributed by atoms with van der Waals surface area (Å²) in [4.78, 5) is 29.9. The molecule has 1 aromatic heterocycles. The third-order valence-electron chi connectivity index (χ3n) is 4.47. The van der Waals surface area contributed by atoms with Crippen LogP contribution in [0.2, 0.25) is 0 Å². The fourth-order valence-corrected chi connectivity index (χ4v) is 3.07. The number of piperazine rings is 1. The zero-order chi connectivity index (χ0) is 17.1. The topological polar surface area (TPSA) is 65.2 Å². The summed E-state index contributed by atoms with van der Waals surface area (Å²) in [6.45, 7) is 6.03. The Morgan fingerprint density at radius 2 is 1.92 bits per heavy atom. The van der Waals surface area contributed by atoms with Crippen LogP contribution in [0.4, 0.5) is 0 Å². The number of aromatic nitrogens is 1. The molecule has 0 bridgehead atoms. The summed E-state index contributed by atoms with van der Waals surface area (Å²) in [5.74, 6) is 0.0139. The molecule has 1 aromatic carbocycles. The number of carbonyl (C=O) groups is 1. The van der Waals surface area contributed by atoms with E-state index in [-0.39, 0.29) is 29.0 Å². The largest absolute Gasteiger partial charge is 0.329 e. The first-order chi connectivity index (χ1) is 11.6. The number of hydrogen-bond donors (Lipinski definition) is 2. The summed E-state index contributed by atoms with van der Waals surface area (Å²) < 4.78 is 0. The summed E-state index contributed by atoms with van der Waals surface area (Å²) in [5, 5.41) is 3.33. The van der Waals surface area contributed by atoms with Crippen LogP contribution < -0.4 is 10.9 Å². The lowest BCUT2D eigenvalue weighted by Crippen LogP contribution is -2.49. The van der Waals surface area contributed by atoms with Crippen molar-refractivity contribution >= 4 is 5.91 Å². The van der Waals surface area contributed by atoms with E-state index in [1.807, 2.05) is 50.2 Å². The SMILES string of the molecule is CC(C)c1ccc(C(=O)N2CCNC[C@@H]2c2ccccc2)c(=O)[nH]1. The van der Waals surface area contributed by atoms with Gasteiger partial charge in [-0.1, -0.05) is 44.2 Å². The molecular weight excluding hydrogens is 302 g/mol. The number of benzene rings is 1. The van der Waals surface area contributed by atoms with Crippen molar-refractivity contribution in [1.82, 2.24) is 15.2 Å². The lowest BCUT2D eigenvalue weighted by molar-refractivity contribution is 0.0632. The summed E-state index contributed by atoms with van der Waals surface area (Å²) in [6, 6.07) is 13.4. The molecule has 1 fully saturated rings. The monoisotopic (exact) mass is 325 g/mol. The van der Waals surface area contributed by atoms with Gasteiger partial charge in [-0.2, -0.15) is 0 Å². The Hall–Kier alpha value is -2.40. The fourth-order valence-electron chi connectivity index (χ4n) is 3.07. The van der Waals surface area contributed by atoms with E-state index in [4.69, 9.17) is 0 Å². The van der Waals surface area contributed by atoms with Gasteiger partial charge in [0.05, 0.1) is 6.04 Å². The Morgan fingerprint density at radius 1 is 1.17 bits per heavy atom. The third kappa shape index (κ3) is 3.26. The maximum Gasteiger partial charge on any atom is 0.261 e. The molecule has 0 spiro atoms. The first kappa shape index (κ1) is 16.5. The van der Waals surface area contributed by atoms with Crippen LogP contribution in [-0.4, -0.2) is 35.4 Å². The zero-order valence-corrected chi connectivity index (χ0v) is 14.1. The molecule has 0 aliphatic carbocycles. The fraction of sp³-hybridized carbons (Fsp3) is 0.368. The molecule has 2 heterocycles. The van der Waals surface area contributed by atoms with Gasteiger partial charge in [-0.15, -0.1) is 0 Å². The number of aromatic amines is 1. The summed E-state index contributed by atoms with van der Waals surface area (Å²) in [6.07, 6.45) is 0. The lowest BCUT2D eigenvalue weighted by atomic mass is 10.0. The maximum absolute atomic E-state index is 13.0. The van der Waals surface area contributed by atoms with Crippen LogP contribution in [0.5, 0.6) is 0 Å². The van der Waals surface area contributed by atoms with Crippen LogP contribution in [0.1, 0.15) is 47.4 Å². The Balaban J connectivity index is 1.91. The summed E-state index contributed by atoms with van der Waals surface area (Å²) >= 11 is 0. The second-order valence-corrected chi connectivity index (χ2v) is 6.44. The van der Waals surface area contributed by atoms with Crippen molar-refractivity contribution in [2.24, 2.45) is 0 Å². The smallest absolute Gasteiger partial charge is 0.261 e. The van der Waals surface area contributed by atoms with E-state index >= 15 is 0 Å². The standard InChI is InChI=1S/C19H23N3O2/c1-13(2)16-9-8-15(18(23)21-16)19(24)22-11-10-20-12-17(22)14-6-4-3-5-7-14/h3-9,13,17,20H,10-12H2,1-2H3,(H,21,23)/t17-/m1/s1. The molecule has 0 radical (unpaired) electrons. The number of H-pyrrole nitrogens is 1. The molecule has 126 valence electrons. The average molecular weight is 325 g/mol. The number of nitrogens with zero attached hydrogens (tertiary/aromatic N) is 1. The second kappa shape index (κ2) is 7.01. The van der Waals surface area contributed by atoms with Gasteiger partial charge < -0.3 is 15.2 Å². The van der Waals surface area contributed by atoms with Crippen LogP contribution in [0, 0.1) is 0 Å². The van der Waals surface area contributed by atoms with Crippen molar-refractivity contribution in [3.8, 4) is 0 Å². The Morgan fingerprint density at radius 3 is 2.58 bits per heavy atom. The maximum atomic E-state index is 13.0. The minimum absolute atomic E-state index is 0.0587. The Labute approximate surface area is 141 Å². The highest BCUT2D eigenvalue weighted by atomic mass is 16.2. The van der Waals surface area contributed by atoms with Gasteiger partial charge in [0.15, 0.2) is 0 Å². The van der Waals surface area contributed by atoms with E-state index in [9.17, 15) is 9.59 Å². The van der Waals surface area contributed by atoms with Gasteiger partial charge in [-0.05, 0) is 23.6 Å². The molecule has 0 unspecified atom stereocenters. The predicted octanol–water partition coefficient (Wildman–Crippen LogP) is 2.29. The van der Waals surface area contributed by atoms with Crippen molar-refractivity contribution in [3.05, 3.63) is 69.6 Å². The number of amides is 1. The van der Waals surface area contributed by atoms with E-state index in [0.717, 1.165) is 17.8 Å². The van der Waals surface area contributed by atoms with Gasteiger partial charge >= 0.3 is 0 Å². The minimum Gasteiger partial charge on any atom is -0.329 e. The molecule has 5 nitrogen and oxygen atoms in total. The van der Waals surface area contributed by atoms with Gasteiger partial charge in [0.1, 0.15) is 5.56 Å². The number of carbonyl (C=O) groups excluding carboxylic acids is 1. The van der Waals surface area contributed by atoms with E-state index in [0.29, 0.717) is 13.1 Å². The quantitative estimate of drug-likeness (QED) is 0.910. The van der Waals surface area contributed by atoms with E-state index in [2.05, 4.69) is 10.3 Å². The van der Waals surface area contributed by atoms with E-state index in [1.54, 1.807) is 11.0 Å². The highest BCUT2D eigenvalue weighted by Crippen LogP contribution is 2.23. The first-order valence-electron chi connectivity index (χ1n) is 8.38. The molecule has 1 atom stereocenters. The van der Waals surface area contributed by atoms with Crippen molar-refractivity contribution in [1.29, 1.82) is 0 Å². The number of pyridine rings is 1. The number of hydrogen-bond acceptors (Lipinski definition) is 3. The van der Waals surface area contributed by atoms with Crippen molar-refractivity contribution in [2.45, 2.75) is 25.8 Å². The van der Waals surface area contributed by atoms with Crippen molar-refractivity contribution in [2.75, 3.05) is 19.6 Å². The molecule has 2 N–H and O–H groups in total. The van der Waals surface area contributed by atoms with E-state index in [1.165, 1.54) is 0 Å². The predicted molar refractivity (Wildman–Crippen MR) is 94.2 cm³/mol. The van der Waals surface area contributed by atoms with Gasteiger partial charge in [0.2, 0.25) is 0 Å². The molecule has 5 heteroatoms. The molecule has 0 saturated carbocycles. The van der Waals surface area contributed by atoms with Gasteiger partial charge in [-0.25, -0.2) is 0 Å². The van der Waals surface area contributed by atoms with Gasteiger partial charge in [-0.3, -0.25) is 9.59 Å². The molecule has 1 saturated heterocycles. The molecule has 24 heavy (non-hydrogen) atoms. The second-order valence-electron chi connectivity index (χ2n) is 6.44. The lowest BCUT2D eigenvalue weighted by Gasteiger charge is -2.36. The Kier molecular flexibility index (Phi) is 4.81. The summed E-state index contributed by atoms with van der Waals surface area (Å²) in [5.41, 5.74) is 1.82. The van der Waals surface area contributed by atoms with Crippen molar-refractivity contribution < 1.29 is 4.79 Å². The van der Waals surface area contributed by atoms with E-state index < -0.39 is 0 Å². The minimum atomic E-state index is -0.309. The number of nitrogens with one attached hydrogen (secondary N) is 2. The zero-order valence-electron chi connectivity index (χ0n) is 14.1. The molecular formula is C19H23N3O2. The van der Waals surface area contributed by atoms with Crippen LogP contribution in [0.3, 0.4) is 0 Å². The molecule has 1 amide bonds. The van der Waals surface area contributed by atoms with Gasteiger partial charge in [0, 0.05) is 25.3 Å². The normalized spacial score (nSPS) is 18.0. The van der Waals surface area contributed by atoms with Gasteiger partial charge in [0.25, 0.3) is 11.5 Å². The summed E-state index contributed by atoms with van der Waals surface area (Å²) in [7, 11) is 0. The number of rotatable bonds is 3. The van der Waals surface area contributed by atoms with Crippen LogP contribution in [0.15, 0.2) is 47.3 Å². The van der Waals surface area contributed by atoms with Crippen molar-refractivity contribution in [3.63, 3.8) is 0 Å². The highest BCUT2D eigenvalue weighted by Gasteiger charge is 2.29. The Bertz CT molecular complexity index is 768. The first-order valence-corrected chi connectivity index (χ1v) is 8.38. The van der Waals surface area contributed by atoms with Crippen LogP contribution >= 0.6 is 0 Å².